The van der Waals surface area contributed by atoms with E-state index in [1.807, 2.05) is 0 Å². The fraction of sp³-hybridized carbons (Fsp3) is 0.407. The molecule has 0 saturated heterocycles. The molecule has 0 nitrogen and oxygen atoms in total. The van der Waals surface area contributed by atoms with E-state index >= 15 is 0 Å². The maximum atomic E-state index is 2.47. The lowest BCUT2D eigenvalue weighted by Gasteiger charge is -2.37. The van der Waals surface area contributed by atoms with Gasteiger partial charge in [-0.25, -0.2) is 10.0 Å². The Hall–Kier alpha value is -1.73. The predicted octanol–water partition coefficient (Wildman–Crippen LogP) is 8.06. The van der Waals surface area contributed by atoms with Crippen LogP contribution in [0.1, 0.15) is 58.2 Å². The van der Waals surface area contributed by atoms with Gasteiger partial charge in [0.1, 0.15) is 0 Å². The van der Waals surface area contributed by atoms with E-state index in [1.54, 1.807) is 4.90 Å². The van der Waals surface area contributed by atoms with Crippen LogP contribution in [0.15, 0.2) is 65.6 Å². The molecule has 0 aliphatic carbocycles. The number of rotatable bonds is 3. The molecule has 0 spiro atoms. The Morgan fingerprint density at radius 2 is 1.32 bits per heavy atom. The Labute approximate surface area is 173 Å². The quantitative estimate of drug-likeness (QED) is 0.423. The van der Waals surface area contributed by atoms with Crippen molar-refractivity contribution in [1.82, 2.24) is 0 Å². The van der Waals surface area contributed by atoms with Crippen LogP contribution in [0.5, 0.6) is 0 Å². The maximum Gasteiger partial charge on any atom is 0.00587 e. The van der Waals surface area contributed by atoms with Crippen molar-refractivity contribution in [2.75, 3.05) is 12.5 Å². The minimum atomic E-state index is -0.934. The second-order valence-corrected chi connectivity index (χ2v) is 14.4. The summed E-state index contributed by atoms with van der Waals surface area (Å²) in [5, 5.41) is 2.70. The van der Waals surface area contributed by atoms with Crippen molar-refractivity contribution in [2.24, 2.45) is 0 Å². The largest absolute Gasteiger partial charge is 0.216 e. The van der Waals surface area contributed by atoms with Crippen LogP contribution in [0.2, 0.25) is 0 Å². The topological polar surface area (TPSA) is 0 Å². The molecule has 0 amide bonds. The highest BCUT2D eigenvalue weighted by Gasteiger charge is 2.25. The molecule has 0 heterocycles. The normalized spacial score (nSPS) is 13.7. The summed E-state index contributed by atoms with van der Waals surface area (Å²) in [6, 6.07) is 23.0. The van der Waals surface area contributed by atoms with Gasteiger partial charge in [0.25, 0.3) is 0 Å². The summed E-state index contributed by atoms with van der Waals surface area (Å²) >= 11 is 0. The summed E-state index contributed by atoms with van der Waals surface area (Å²) in [5.74, 6) is 1.12. The van der Waals surface area contributed by atoms with Crippen LogP contribution in [-0.2, 0) is 16.6 Å². The first-order valence-corrected chi connectivity index (χ1v) is 12.8. The average molecular weight is 393 g/mol. The van der Waals surface area contributed by atoms with E-state index in [2.05, 4.69) is 115 Å². The highest BCUT2D eigenvalue weighted by atomic mass is 32.3. The molecule has 0 bridgehead atoms. The van der Waals surface area contributed by atoms with Gasteiger partial charge in [-0.2, -0.15) is 0 Å². The van der Waals surface area contributed by atoms with E-state index in [0.29, 0.717) is 0 Å². The average Bonchev–Trinajstić information content (AvgIpc) is 2.59. The zero-order chi connectivity index (χ0) is 20.7. The second kappa shape index (κ2) is 7.26. The summed E-state index contributed by atoms with van der Waals surface area (Å²) < 4.78 is 0. The Kier molecular flexibility index (Phi) is 5.44. The molecular formula is C27H36S. The molecule has 0 unspecified atom stereocenters. The SMILES string of the molecule is CC(C)(C)c1ccc2ccc(CS(C)(C)c3ccccc3C(C)(C)C)cc2c1. The molecule has 0 aliphatic rings. The van der Waals surface area contributed by atoms with Gasteiger partial charge in [-0.15, -0.1) is 0 Å². The van der Waals surface area contributed by atoms with Crippen molar-refractivity contribution >= 4 is 20.8 Å². The summed E-state index contributed by atoms with van der Waals surface area (Å²) in [6.07, 6.45) is 4.93. The number of hydrogen-bond acceptors (Lipinski definition) is 0. The first kappa shape index (κ1) is 21.0. The second-order valence-electron chi connectivity index (χ2n) is 10.6. The Morgan fingerprint density at radius 3 is 1.96 bits per heavy atom. The summed E-state index contributed by atoms with van der Waals surface area (Å²) in [5.41, 5.74) is 4.70. The van der Waals surface area contributed by atoms with Gasteiger partial charge in [-0.3, -0.25) is 0 Å². The molecule has 3 aromatic carbocycles. The van der Waals surface area contributed by atoms with E-state index in [1.165, 1.54) is 27.5 Å². The molecule has 0 aliphatic heterocycles. The van der Waals surface area contributed by atoms with E-state index in [0.717, 1.165) is 5.75 Å². The van der Waals surface area contributed by atoms with Crippen LogP contribution < -0.4 is 0 Å². The van der Waals surface area contributed by atoms with Gasteiger partial charge >= 0.3 is 0 Å². The van der Waals surface area contributed by atoms with Crippen LogP contribution in [-0.4, -0.2) is 12.5 Å². The van der Waals surface area contributed by atoms with E-state index in [4.69, 9.17) is 0 Å². The molecule has 28 heavy (non-hydrogen) atoms. The number of hydrogen-bond donors (Lipinski definition) is 0. The highest BCUT2D eigenvalue weighted by molar-refractivity contribution is 8.32. The Balaban J connectivity index is 2.00. The van der Waals surface area contributed by atoms with Gasteiger partial charge in [0.2, 0.25) is 0 Å². The smallest absolute Gasteiger partial charge is 0.00587 e. The van der Waals surface area contributed by atoms with Crippen LogP contribution >= 0.6 is 10.0 Å². The minimum absolute atomic E-state index is 0.172. The zero-order valence-corrected chi connectivity index (χ0v) is 19.7. The van der Waals surface area contributed by atoms with Gasteiger partial charge in [0, 0.05) is 5.75 Å². The van der Waals surface area contributed by atoms with Crippen molar-refractivity contribution in [3.05, 3.63) is 77.4 Å². The molecule has 0 atom stereocenters. The van der Waals surface area contributed by atoms with Crippen LogP contribution in [0.4, 0.5) is 0 Å². The number of benzene rings is 3. The fourth-order valence-electron chi connectivity index (χ4n) is 3.92. The predicted molar refractivity (Wildman–Crippen MR) is 129 cm³/mol. The third kappa shape index (κ3) is 4.46. The first-order valence-electron chi connectivity index (χ1n) is 10.2. The highest BCUT2D eigenvalue weighted by Crippen LogP contribution is 2.55. The third-order valence-corrected chi connectivity index (χ3v) is 8.19. The van der Waals surface area contributed by atoms with E-state index in [-0.39, 0.29) is 10.8 Å². The van der Waals surface area contributed by atoms with Crippen molar-refractivity contribution in [2.45, 2.75) is 63.0 Å². The van der Waals surface area contributed by atoms with E-state index in [9.17, 15) is 0 Å². The molecule has 150 valence electrons. The third-order valence-electron chi connectivity index (χ3n) is 5.59. The molecule has 0 fully saturated rings. The van der Waals surface area contributed by atoms with Crippen molar-refractivity contribution in [1.29, 1.82) is 0 Å². The molecule has 3 rings (SSSR count). The Morgan fingerprint density at radius 1 is 0.679 bits per heavy atom. The Bertz CT molecular complexity index is 981. The monoisotopic (exact) mass is 392 g/mol. The molecule has 0 radical (unpaired) electrons. The van der Waals surface area contributed by atoms with E-state index < -0.39 is 10.0 Å². The summed E-state index contributed by atoms with van der Waals surface area (Å²) in [4.78, 5) is 1.55. The van der Waals surface area contributed by atoms with Gasteiger partial charge in [0.05, 0.1) is 0 Å². The zero-order valence-electron chi connectivity index (χ0n) is 18.9. The molecule has 0 aromatic heterocycles. The standard InChI is InChI=1S/C27H36S/c1-26(2,3)23-16-15-21-14-13-20(17-22(21)18-23)19-28(7,8)25-12-10-9-11-24(25)27(4,5)6/h9-18H,19H2,1-8H3. The first-order chi connectivity index (χ1) is 12.9. The van der Waals surface area contributed by atoms with Crippen molar-refractivity contribution in [3.63, 3.8) is 0 Å². The van der Waals surface area contributed by atoms with Gasteiger partial charge in [0.15, 0.2) is 0 Å². The lowest BCUT2D eigenvalue weighted by molar-refractivity contribution is 0.577. The van der Waals surface area contributed by atoms with Gasteiger partial charge < -0.3 is 0 Å². The summed E-state index contributed by atoms with van der Waals surface area (Å²) in [7, 11) is -0.934. The van der Waals surface area contributed by atoms with Crippen LogP contribution in [0.25, 0.3) is 10.8 Å². The van der Waals surface area contributed by atoms with Crippen LogP contribution in [0.3, 0.4) is 0 Å². The molecule has 3 aromatic rings. The van der Waals surface area contributed by atoms with Gasteiger partial charge in [-0.1, -0.05) is 96.1 Å². The van der Waals surface area contributed by atoms with Gasteiger partial charge in [-0.05, 0) is 61.8 Å². The molecule has 0 saturated carbocycles. The molecular weight excluding hydrogens is 356 g/mol. The fourth-order valence-corrected chi connectivity index (χ4v) is 6.50. The summed E-state index contributed by atoms with van der Waals surface area (Å²) in [6.45, 7) is 13.8. The number of fused-ring (bicyclic) bond motifs is 1. The van der Waals surface area contributed by atoms with Crippen LogP contribution in [0, 0.1) is 0 Å². The maximum absolute atomic E-state index is 2.47. The van der Waals surface area contributed by atoms with Crippen molar-refractivity contribution in [3.8, 4) is 0 Å². The minimum Gasteiger partial charge on any atom is -0.216 e. The van der Waals surface area contributed by atoms with Crippen molar-refractivity contribution < 1.29 is 0 Å². The molecule has 1 heteroatoms. The lowest BCUT2D eigenvalue weighted by Crippen LogP contribution is -2.16. The lowest BCUT2D eigenvalue weighted by atomic mass is 9.86. The molecule has 0 N–H and O–H groups in total.